The first-order chi connectivity index (χ1) is 18.2. The Morgan fingerprint density at radius 1 is 1.11 bits per heavy atom. The molecule has 0 unspecified atom stereocenters. The summed E-state index contributed by atoms with van der Waals surface area (Å²) in [5.74, 6) is 4.85. The van der Waals surface area contributed by atoms with Gasteiger partial charge in [-0.1, -0.05) is 65.5 Å². The zero-order valence-electron chi connectivity index (χ0n) is 24.4. The molecule has 4 nitrogen and oxygen atoms in total. The van der Waals surface area contributed by atoms with Gasteiger partial charge in [0.2, 0.25) is 0 Å². The zero-order valence-corrected chi connectivity index (χ0v) is 24.4. The maximum Gasteiger partial charge on any atom is 0.355 e. The van der Waals surface area contributed by atoms with E-state index < -0.39 is 0 Å². The van der Waals surface area contributed by atoms with Crippen molar-refractivity contribution in [2.75, 3.05) is 0 Å². The number of furan rings is 1. The average Bonchev–Trinajstić information content (AvgIpc) is 3.57. The molecule has 6 rings (SSSR count). The van der Waals surface area contributed by atoms with Crippen molar-refractivity contribution in [1.29, 1.82) is 0 Å². The van der Waals surface area contributed by atoms with Crippen LogP contribution in [0.15, 0.2) is 34.5 Å². The number of aromatic nitrogens is 1. The smallest absolute Gasteiger partial charge is 0.355 e. The van der Waals surface area contributed by atoms with Gasteiger partial charge in [-0.2, -0.15) is 0 Å². The minimum Gasteiger partial charge on any atom is -0.463 e. The molecule has 3 saturated carbocycles. The predicted molar refractivity (Wildman–Crippen MR) is 153 cm³/mol. The molecular formula is C34H49NO3. The summed E-state index contributed by atoms with van der Waals surface area (Å²) in [7, 11) is 0. The number of nitrogens with one attached hydrogen (secondary N) is 1. The summed E-state index contributed by atoms with van der Waals surface area (Å²) in [5.41, 5.74) is 4.42. The van der Waals surface area contributed by atoms with Gasteiger partial charge in [0.05, 0.1) is 11.8 Å². The Bertz CT molecular complexity index is 1160. The molecule has 0 spiro atoms. The van der Waals surface area contributed by atoms with E-state index in [1.54, 1.807) is 17.9 Å². The summed E-state index contributed by atoms with van der Waals surface area (Å²) in [4.78, 5) is 16.0. The largest absolute Gasteiger partial charge is 0.463 e. The van der Waals surface area contributed by atoms with Crippen molar-refractivity contribution < 1.29 is 13.9 Å². The Kier molecular flexibility index (Phi) is 6.84. The first-order valence-corrected chi connectivity index (χ1v) is 15.7. The number of esters is 1. The van der Waals surface area contributed by atoms with Crippen molar-refractivity contribution in [2.24, 2.45) is 46.3 Å². The molecule has 4 aliphatic rings. The van der Waals surface area contributed by atoms with Crippen molar-refractivity contribution in [3.8, 4) is 0 Å². The predicted octanol–water partition coefficient (Wildman–Crippen LogP) is 9.33. The van der Waals surface area contributed by atoms with E-state index in [1.165, 1.54) is 51.4 Å². The minimum atomic E-state index is -0.257. The molecule has 2 aromatic heterocycles. The van der Waals surface area contributed by atoms with Crippen molar-refractivity contribution in [2.45, 2.75) is 111 Å². The van der Waals surface area contributed by atoms with Crippen LogP contribution in [0.1, 0.15) is 116 Å². The highest BCUT2D eigenvalue weighted by Crippen LogP contribution is 2.67. The van der Waals surface area contributed by atoms with Crippen LogP contribution in [0.25, 0.3) is 11.1 Å². The van der Waals surface area contributed by atoms with E-state index in [1.807, 2.05) is 6.07 Å². The van der Waals surface area contributed by atoms with Crippen molar-refractivity contribution in [3.05, 3.63) is 35.7 Å². The van der Waals surface area contributed by atoms with Crippen LogP contribution in [0.2, 0.25) is 0 Å². The Hall–Kier alpha value is -1.97. The number of ether oxygens (including phenoxy) is 1. The maximum absolute atomic E-state index is 12.9. The van der Waals surface area contributed by atoms with Gasteiger partial charge < -0.3 is 14.1 Å². The lowest BCUT2D eigenvalue weighted by Crippen LogP contribution is -2.51. The molecule has 4 aliphatic carbocycles. The molecule has 3 fully saturated rings. The SMILES string of the molecule is CC(C)CCC[C@@H](C)[C@H]1CC[C@H]2[C@@H]3CC=C4C[C@@H](OC(=O)c5cc6occc6[nH]5)CC[C@]4(C)[C@H]3CC[C@]12C. The topological polar surface area (TPSA) is 55.2 Å². The summed E-state index contributed by atoms with van der Waals surface area (Å²) in [6.45, 7) is 12.5. The summed E-state index contributed by atoms with van der Waals surface area (Å²) in [5, 5.41) is 0. The van der Waals surface area contributed by atoms with E-state index in [9.17, 15) is 4.79 Å². The Labute approximate surface area is 229 Å². The van der Waals surface area contributed by atoms with Crippen molar-refractivity contribution in [3.63, 3.8) is 0 Å². The second kappa shape index (κ2) is 9.89. The van der Waals surface area contributed by atoms with Crippen LogP contribution in [0, 0.1) is 46.3 Å². The van der Waals surface area contributed by atoms with Gasteiger partial charge in [-0.25, -0.2) is 4.79 Å². The molecule has 208 valence electrons. The van der Waals surface area contributed by atoms with Gasteiger partial charge in [0, 0.05) is 18.6 Å². The highest BCUT2D eigenvalue weighted by Gasteiger charge is 2.59. The molecule has 0 bridgehead atoms. The quantitative estimate of drug-likeness (QED) is 0.293. The first-order valence-electron chi connectivity index (χ1n) is 15.7. The maximum atomic E-state index is 12.9. The fraction of sp³-hybridized carbons (Fsp3) is 0.735. The molecule has 8 atom stereocenters. The number of hydrogen-bond donors (Lipinski definition) is 1. The molecule has 4 heteroatoms. The average molecular weight is 520 g/mol. The lowest BCUT2D eigenvalue weighted by molar-refractivity contribution is -0.0595. The number of aromatic amines is 1. The molecule has 0 saturated heterocycles. The second-order valence-corrected chi connectivity index (χ2v) is 14.4. The Morgan fingerprint density at radius 3 is 2.74 bits per heavy atom. The molecule has 0 amide bonds. The Balaban J connectivity index is 1.12. The summed E-state index contributed by atoms with van der Waals surface area (Å²) in [6.07, 6.45) is 18.3. The first kappa shape index (κ1) is 26.3. The highest BCUT2D eigenvalue weighted by atomic mass is 16.5. The molecule has 38 heavy (non-hydrogen) atoms. The van der Waals surface area contributed by atoms with Crippen LogP contribution >= 0.6 is 0 Å². The fourth-order valence-corrected chi connectivity index (χ4v) is 9.93. The van der Waals surface area contributed by atoms with Crippen LogP contribution in [0.5, 0.6) is 0 Å². The molecular weight excluding hydrogens is 470 g/mol. The number of carbonyl (C=O) groups is 1. The highest BCUT2D eigenvalue weighted by molar-refractivity contribution is 5.93. The van der Waals surface area contributed by atoms with Gasteiger partial charge in [-0.05, 0) is 91.3 Å². The lowest BCUT2D eigenvalue weighted by Gasteiger charge is -2.58. The number of rotatable bonds is 7. The fourth-order valence-electron chi connectivity index (χ4n) is 9.93. The summed E-state index contributed by atoms with van der Waals surface area (Å²) >= 11 is 0. The normalized spacial score (nSPS) is 37.4. The number of allylic oxidation sites excluding steroid dienone is 1. The monoisotopic (exact) mass is 519 g/mol. The number of fused-ring (bicyclic) bond motifs is 6. The van der Waals surface area contributed by atoms with E-state index in [-0.39, 0.29) is 17.5 Å². The van der Waals surface area contributed by atoms with Gasteiger partial charge in [0.25, 0.3) is 0 Å². The van der Waals surface area contributed by atoms with Gasteiger partial charge in [-0.3, -0.25) is 0 Å². The number of carbonyl (C=O) groups excluding carboxylic acids is 1. The van der Waals surface area contributed by atoms with E-state index in [4.69, 9.17) is 9.15 Å². The van der Waals surface area contributed by atoms with Crippen molar-refractivity contribution in [1.82, 2.24) is 4.98 Å². The third kappa shape index (κ3) is 4.38. The lowest BCUT2D eigenvalue weighted by atomic mass is 9.47. The second-order valence-electron chi connectivity index (χ2n) is 14.4. The van der Waals surface area contributed by atoms with E-state index in [0.29, 0.717) is 16.7 Å². The number of H-pyrrole nitrogens is 1. The van der Waals surface area contributed by atoms with Gasteiger partial charge in [-0.15, -0.1) is 0 Å². The van der Waals surface area contributed by atoms with Gasteiger partial charge in [0.15, 0.2) is 5.58 Å². The van der Waals surface area contributed by atoms with Gasteiger partial charge >= 0.3 is 5.97 Å². The van der Waals surface area contributed by atoms with Crippen LogP contribution in [-0.4, -0.2) is 17.1 Å². The van der Waals surface area contributed by atoms with Crippen LogP contribution in [0.3, 0.4) is 0 Å². The van der Waals surface area contributed by atoms with Crippen LogP contribution < -0.4 is 0 Å². The van der Waals surface area contributed by atoms with Crippen molar-refractivity contribution >= 4 is 17.1 Å². The van der Waals surface area contributed by atoms with E-state index >= 15 is 0 Å². The molecule has 2 aromatic rings. The molecule has 1 N–H and O–H groups in total. The standard InChI is InChI=1S/C34H49NO3/c1-21(2)7-6-8-22(3)26-11-12-27-25-10-9-23-19-24(13-16-33(23,4)28(25)14-17-34(26,27)5)38-32(36)30-20-31-29(35-30)15-18-37-31/h9,15,18,20-22,24-28,35H,6-8,10-14,16-17,19H2,1-5H3/t22-,24+,25+,26-,27+,28+,33+,34-/m1/s1. The summed E-state index contributed by atoms with van der Waals surface area (Å²) < 4.78 is 11.4. The molecule has 0 aromatic carbocycles. The van der Waals surface area contributed by atoms with E-state index in [2.05, 4.69) is 45.7 Å². The van der Waals surface area contributed by atoms with Crippen LogP contribution in [0.4, 0.5) is 0 Å². The van der Waals surface area contributed by atoms with Crippen LogP contribution in [-0.2, 0) is 4.74 Å². The van der Waals surface area contributed by atoms with Gasteiger partial charge in [0.1, 0.15) is 11.8 Å². The zero-order chi connectivity index (χ0) is 26.7. The third-order valence-corrected chi connectivity index (χ3v) is 12.0. The molecule has 2 heterocycles. The van der Waals surface area contributed by atoms with E-state index in [0.717, 1.165) is 60.3 Å². The molecule has 0 radical (unpaired) electrons. The Morgan fingerprint density at radius 2 is 1.95 bits per heavy atom. The molecule has 0 aliphatic heterocycles. The summed E-state index contributed by atoms with van der Waals surface area (Å²) in [6, 6.07) is 3.60. The number of hydrogen-bond acceptors (Lipinski definition) is 3. The third-order valence-electron chi connectivity index (χ3n) is 12.0. The minimum absolute atomic E-state index is 0.0237.